The van der Waals surface area contributed by atoms with Gasteiger partial charge in [0.05, 0.1) is 4.92 Å². The van der Waals surface area contributed by atoms with E-state index >= 15 is 0 Å². The van der Waals surface area contributed by atoms with Crippen LogP contribution in [0.2, 0.25) is 0 Å². The lowest BCUT2D eigenvalue weighted by atomic mass is 9.93. The molecule has 0 spiro atoms. The minimum absolute atomic E-state index is 0.0278. The van der Waals surface area contributed by atoms with Gasteiger partial charge in [-0.2, -0.15) is 0 Å². The van der Waals surface area contributed by atoms with Crippen LogP contribution in [0.25, 0.3) is 0 Å². The summed E-state index contributed by atoms with van der Waals surface area (Å²) in [6.45, 7) is 4.02. The van der Waals surface area contributed by atoms with Gasteiger partial charge >= 0.3 is 0 Å². The predicted molar refractivity (Wildman–Crippen MR) is 74.2 cm³/mol. The molecule has 0 aliphatic rings. The monoisotopic (exact) mass is 353 g/mol. The van der Waals surface area contributed by atoms with E-state index in [1.165, 1.54) is 0 Å². The number of nitro benzene ring substituents is 1. The molecule has 3 nitrogen and oxygen atoms in total. The Morgan fingerprint density at radius 2 is 2.19 bits per heavy atom. The van der Waals surface area contributed by atoms with Gasteiger partial charge in [0.2, 0.25) is 0 Å². The zero-order chi connectivity index (χ0) is 12.3. The van der Waals surface area contributed by atoms with Gasteiger partial charge in [-0.3, -0.25) is 10.1 Å². The van der Waals surface area contributed by atoms with Crippen LogP contribution in [0.4, 0.5) is 5.69 Å². The lowest BCUT2D eigenvalue weighted by Crippen LogP contribution is -2.10. The Labute approximate surface area is 113 Å². The van der Waals surface area contributed by atoms with Gasteiger partial charge in [0, 0.05) is 27.0 Å². The average molecular weight is 354 g/mol. The predicted octanol–water partition coefficient (Wildman–Crippen LogP) is 4.32. The first-order chi connectivity index (χ1) is 7.47. The topological polar surface area (TPSA) is 43.1 Å². The maximum absolute atomic E-state index is 10.6. The summed E-state index contributed by atoms with van der Waals surface area (Å²) in [4.78, 5) is 10.2. The number of non-ortho nitro benzene ring substituents is 1. The van der Waals surface area contributed by atoms with Crippen molar-refractivity contribution in [1.82, 2.24) is 0 Å². The van der Waals surface area contributed by atoms with E-state index in [2.05, 4.69) is 29.5 Å². The third-order valence-electron chi connectivity index (χ3n) is 2.59. The van der Waals surface area contributed by atoms with E-state index in [1.54, 1.807) is 12.1 Å². The van der Waals surface area contributed by atoms with Gasteiger partial charge in [0.25, 0.3) is 5.69 Å². The molecular formula is C11H13ClINO2. The highest BCUT2D eigenvalue weighted by atomic mass is 127. The molecule has 2 unspecified atom stereocenters. The molecule has 16 heavy (non-hydrogen) atoms. The van der Waals surface area contributed by atoms with Crippen LogP contribution < -0.4 is 0 Å². The molecule has 0 aliphatic heterocycles. The van der Waals surface area contributed by atoms with Crippen molar-refractivity contribution in [2.75, 3.05) is 0 Å². The number of benzene rings is 1. The average Bonchev–Trinajstić information content (AvgIpc) is 2.20. The quantitative estimate of drug-likeness (QED) is 0.350. The fraction of sp³-hybridized carbons (Fsp3) is 0.455. The molecule has 1 aromatic rings. The lowest BCUT2D eigenvalue weighted by Gasteiger charge is -2.19. The fourth-order valence-electron chi connectivity index (χ4n) is 1.72. The molecule has 0 fully saturated rings. The van der Waals surface area contributed by atoms with Gasteiger partial charge in [0.15, 0.2) is 0 Å². The van der Waals surface area contributed by atoms with Crippen LogP contribution in [0.3, 0.4) is 0 Å². The number of nitrogens with zero attached hydrogens (tertiary/aromatic N) is 1. The van der Waals surface area contributed by atoms with Crippen LogP contribution >= 0.6 is 34.2 Å². The van der Waals surface area contributed by atoms with Crippen molar-refractivity contribution < 1.29 is 4.92 Å². The second kappa shape index (κ2) is 5.82. The normalized spacial score (nSPS) is 14.5. The Balaban J connectivity index is 3.11. The summed E-state index contributed by atoms with van der Waals surface area (Å²) in [6.07, 6.45) is 0.929. The van der Waals surface area contributed by atoms with Gasteiger partial charge in [0.1, 0.15) is 0 Å². The molecule has 0 radical (unpaired) electrons. The minimum atomic E-state index is -0.378. The highest BCUT2D eigenvalue weighted by molar-refractivity contribution is 14.1. The molecule has 5 heteroatoms. The summed E-state index contributed by atoms with van der Waals surface area (Å²) in [6, 6.07) is 4.95. The van der Waals surface area contributed by atoms with Crippen molar-refractivity contribution in [3.05, 3.63) is 37.4 Å². The van der Waals surface area contributed by atoms with Crippen LogP contribution in [0.1, 0.15) is 31.7 Å². The zero-order valence-electron chi connectivity index (χ0n) is 9.11. The van der Waals surface area contributed by atoms with Crippen molar-refractivity contribution in [2.24, 2.45) is 0 Å². The van der Waals surface area contributed by atoms with Gasteiger partial charge < -0.3 is 0 Å². The van der Waals surface area contributed by atoms with E-state index in [0.29, 0.717) is 0 Å². The van der Waals surface area contributed by atoms with E-state index in [-0.39, 0.29) is 21.9 Å². The van der Waals surface area contributed by atoms with Crippen LogP contribution in [0.5, 0.6) is 0 Å². The second-order valence-corrected chi connectivity index (χ2v) is 5.51. The first-order valence-corrected chi connectivity index (χ1v) is 6.56. The first-order valence-electron chi connectivity index (χ1n) is 5.05. The largest absolute Gasteiger partial charge is 0.270 e. The highest BCUT2D eigenvalue weighted by Crippen LogP contribution is 2.32. The molecule has 0 aromatic heterocycles. The third kappa shape index (κ3) is 3.07. The molecule has 0 saturated carbocycles. The Hall–Kier alpha value is -0.360. The van der Waals surface area contributed by atoms with E-state index < -0.39 is 0 Å². The van der Waals surface area contributed by atoms with Crippen LogP contribution in [-0.4, -0.2) is 10.3 Å². The van der Waals surface area contributed by atoms with E-state index in [4.69, 9.17) is 11.6 Å². The minimum Gasteiger partial charge on any atom is -0.258 e. The summed E-state index contributed by atoms with van der Waals surface area (Å²) >= 11 is 8.24. The van der Waals surface area contributed by atoms with Gasteiger partial charge in [-0.25, -0.2) is 0 Å². The molecule has 0 heterocycles. The van der Waals surface area contributed by atoms with Crippen LogP contribution in [0, 0.1) is 13.7 Å². The maximum Gasteiger partial charge on any atom is 0.270 e. The van der Waals surface area contributed by atoms with Gasteiger partial charge in [-0.05, 0) is 41.5 Å². The molecule has 0 saturated heterocycles. The smallest absolute Gasteiger partial charge is 0.258 e. The van der Waals surface area contributed by atoms with Gasteiger partial charge in [-0.15, -0.1) is 11.6 Å². The number of hydrogen-bond donors (Lipinski definition) is 0. The van der Waals surface area contributed by atoms with E-state index in [1.807, 2.05) is 13.0 Å². The maximum atomic E-state index is 10.6. The molecule has 0 amide bonds. The van der Waals surface area contributed by atoms with Crippen molar-refractivity contribution in [3.8, 4) is 0 Å². The Morgan fingerprint density at radius 3 is 2.56 bits per heavy atom. The molecule has 0 aliphatic carbocycles. The molecule has 2 atom stereocenters. The van der Waals surface area contributed by atoms with Crippen molar-refractivity contribution >= 4 is 39.9 Å². The number of hydrogen-bond acceptors (Lipinski definition) is 2. The number of alkyl halides is 1. The Kier molecular flexibility index (Phi) is 4.98. The Bertz CT molecular complexity index is 396. The molecule has 0 bridgehead atoms. The standard InChI is InChI=1S/C11H13ClINO2/c1-3-9(7(2)12)10-5-4-8(14(15)16)6-11(10)13/h4-7,9H,3H2,1-2H3. The highest BCUT2D eigenvalue weighted by Gasteiger charge is 2.19. The van der Waals surface area contributed by atoms with E-state index in [0.717, 1.165) is 15.6 Å². The van der Waals surface area contributed by atoms with Crippen molar-refractivity contribution in [3.63, 3.8) is 0 Å². The summed E-state index contributed by atoms with van der Waals surface area (Å²) < 4.78 is 0.908. The number of halogens is 2. The molecular weight excluding hydrogens is 340 g/mol. The van der Waals surface area contributed by atoms with Crippen molar-refractivity contribution in [2.45, 2.75) is 31.6 Å². The third-order valence-corrected chi connectivity index (χ3v) is 3.83. The first kappa shape index (κ1) is 13.7. The lowest BCUT2D eigenvalue weighted by molar-refractivity contribution is -0.385. The summed E-state index contributed by atoms with van der Waals surface area (Å²) in [5, 5.41) is 10.6. The second-order valence-electron chi connectivity index (χ2n) is 3.66. The molecule has 1 aromatic carbocycles. The number of rotatable bonds is 4. The summed E-state index contributed by atoms with van der Waals surface area (Å²) in [5.74, 6) is 0.245. The molecule has 0 N–H and O–H groups in total. The summed E-state index contributed by atoms with van der Waals surface area (Å²) in [5.41, 5.74) is 1.22. The van der Waals surface area contributed by atoms with E-state index in [9.17, 15) is 10.1 Å². The Morgan fingerprint density at radius 1 is 1.56 bits per heavy atom. The van der Waals surface area contributed by atoms with Gasteiger partial charge in [-0.1, -0.05) is 13.0 Å². The van der Waals surface area contributed by atoms with Crippen LogP contribution in [0.15, 0.2) is 18.2 Å². The zero-order valence-corrected chi connectivity index (χ0v) is 12.0. The SMILES string of the molecule is CCC(c1ccc([N+](=O)[O-])cc1I)C(C)Cl. The molecule has 1 rings (SSSR count). The fourth-order valence-corrected chi connectivity index (χ4v) is 2.94. The van der Waals surface area contributed by atoms with Crippen molar-refractivity contribution in [1.29, 1.82) is 0 Å². The number of nitro groups is 1. The summed E-state index contributed by atoms with van der Waals surface area (Å²) in [7, 11) is 0. The molecule has 88 valence electrons. The van der Waals surface area contributed by atoms with Crippen LogP contribution in [-0.2, 0) is 0 Å².